The Morgan fingerprint density at radius 2 is 2.00 bits per heavy atom. The summed E-state index contributed by atoms with van der Waals surface area (Å²) in [6.07, 6.45) is 0. The first-order valence-electron chi connectivity index (χ1n) is 3.37. The molecule has 1 rings (SSSR count). The molecule has 0 saturated carbocycles. The molecule has 1 atom stereocenters. The van der Waals surface area contributed by atoms with Crippen LogP contribution < -0.4 is 10.2 Å². The van der Waals surface area contributed by atoms with E-state index < -0.39 is 8.03 Å². The number of Topliss-reactive ketones (excluding diaryl/α,β-unsaturated/α-hetero) is 1. The van der Waals surface area contributed by atoms with Crippen molar-refractivity contribution in [2.24, 2.45) is 0 Å². The number of ketones is 1. The van der Waals surface area contributed by atoms with Gasteiger partial charge in [-0.2, -0.15) is 0 Å². The van der Waals surface area contributed by atoms with Crippen LogP contribution in [0.2, 0.25) is 0 Å². The zero-order chi connectivity index (χ0) is 9.14. The van der Waals surface area contributed by atoms with Crippen LogP contribution in [-0.4, -0.2) is 5.78 Å². The maximum atomic E-state index is 10.9. The normalized spacial score (nSPS) is 11.0. The molecule has 0 amide bonds. The molecular formula is C8H7O3P. The number of carbonyl (C=O) groups excluding carboxylic acids is 1. The number of benzene rings is 1. The van der Waals surface area contributed by atoms with Gasteiger partial charge < -0.3 is 4.89 Å². The van der Waals surface area contributed by atoms with Gasteiger partial charge in [0.2, 0.25) is 0 Å². The smallest absolute Gasteiger partial charge is 0.349 e. The monoisotopic (exact) mass is 182 g/mol. The van der Waals surface area contributed by atoms with Crippen molar-refractivity contribution in [3.63, 3.8) is 0 Å². The number of carbonyl (C=O) groups is 1. The van der Waals surface area contributed by atoms with Gasteiger partial charge in [0.25, 0.3) is 0 Å². The quantitative estimate of drug-likeness (QED) is 0.497. The maximum Gasteiger partial charge on any atom is 0.349 e. The lowest BCUT2D eigenvalue weighted by Gasteiger charge is -1.96. The third kappa shape index (κ3) is 1.76. The molecule has 0 aliphatic carbocycles. The van der Waals surface area contributed by atoms with Crippen molar-refractivity contribution in [2.75, 3.05) is 0 Å². The van der Waals surface area contributed by atoms with Gasteiger partial charge in [-0.05, 0) is 19.1 Å². The highest BCUT2D eigenvalue weighted by Crippen LogP contribution is 2.11. The molecule has 0 fully saturated rings. The minimum Gasteiger partial charge on any atom is -0.591 e. The minimum atomic E-state index is -2.67. The predicted molar refractivity (Wildman–Crippen MR) is 43.7 cm³/mol. The first-order valence-corrected chi connectivity index (χ1v) is 4.55. The topological polar surface area (TPSA) is 57.2 Å². The maximum absolute atomic E-state index is 10.9. The zero-order valence-electron chi connectivity index (χ0n) is 6.48. The van der Waals surface area contributed by atoms with E-state index in [1.54, 1.807) is 12.1 Å². The van der Waals surface area contributed by atoms with E-state index >= 15 is 0 Å². The Bertz CT molecular complexity index is 300. The van der Waals surface area contributed by atoms with Crippen molar-refractivity contribution in [3.8, 4) is 0 Å². The van der Waals surface area contributed by atoms with E-state index in [1.165, 1.54) is 19.1 Å². The largest absolute Gasteiger partial charge is 0.591 e. The van der Waals surface area contributed by atoms with Gasteiger partial charge in [-0.15, -0.1) is 0 Å². The molecule has 0 aliphatic heterocycles. The molecule has 0 heterocycles. The summed E-state index contributed by atoms with van der Waals surface area (Å²) in [6.45, 7) is 1.34. The van der Waals surface area contributed by atoms with Crippen LogP contribution in [0.3, 0.4) is 0 Å². The summed E-state index contributed by atoms with van der Waals surface area (Å²) in [6, 6.07) is 6.15. The highest BCUT2D eigenvalue weighted by atomic mass is 31.1. The molecule has 1 aromatic rings. The highest BCUT2D eigenvalue weighted by molar-refractivity contribution is 7.46. The summed E-state index contributed by atoms with van der Waals surface area (Å²) in [5.74, 6) is -0.232. The van der Waals surface area contributed by atoms with E-state index in [-0.39, 0.29) is 16.7 Å². The van der Waals surface area contributed by atoms with Crippen LogP contribution in [0.1, 0.15) is 17.3 Å². The molecule has 0 spiro atoms. The standard InChI is InChI=1S/C8H7O3P/c1-6(9)7-4-2-3-5-8(7)12(10)11/h2-5H,1H3. The molecule has 0 aliphatic rings. The van der Waals surface area contributed by atoms with E-state index in [9.17, 15) is 14.3 Å². The van der Waals surface area contributed by atoms with Gasteiger partial charge in [-0.3, -0.25) is 4.79 Å². The van der Waals surface area contributed by atoms with Crippen LogP contribution in [-0.2, 0) is 4.57 Å². The van der Waals surface area contributed by atoms with Crippen molar-refractivity contribution < 1.29 is 14.3 Å². The van der Waals surface area contributed by atoms with Crippen LogP contribution in [0.25, 0.3) is 0 Å². The molecule has 3 nitrogen and oxygen atoms in total. The van der Waals surface area contributed by atoms with Crippen molar-refractivity contribution in [1.82, 2.24) is 0 Å². The predicted octanol–water partition coefficient (Wildman–Crippen LogP) is 0.617. The van der Waals surface area contributed by atoms with E-state index in [0.717, 1.165) is 0 Å². The van der Waals surface area contributed by atoms with Gasteiger partial charge in [-0.1, -0.05) is 16.7 Å². The molecule has 0 saturated heterocycles. The Balaban J connectivity index is 3.27. The van der Waals surface area contributed by atoms with Crippen LogP contribution in [0, 0.1) is 0 Å². The minimum absolute atomic E-state index is 0.0972. The second kappa shape index (κ2) is 3.57. The Morgan fingerprint density at radius 3 is 2.42 bits per heavy atom. The average molecular weight is 182 g/mol. The van der Waals surface area contributed by atoms with E-state index in [1.807, 2.05) is 0 Å². The van der Waals surface area contributed by atoms with Gasteiger partial charge >= 0.3 is 8.03 Å². The van der Waals surface area contributed by atoms with Gasteiger partial charge in [-0.25, -0.2) is 0 Å². The summed E-state index contributed by atoms with van der Waals surface area (Å²) in [5, 5.41) is 0.0972. The lowest BCUT2D eigenvalue weighted by Crippen LogP contribution is -2.13. The van der Waals surface area contributed by atoms with Crippen molar-refractivity contribution in [3.05, 3.63) is 29.8 Å². The average Bonchev–Trinajstić information content (AvgIpc) is 2.04. The fourth-order valence-corrected chi connectivity index (χ4v) is 1.57. The van der Waals surface area contributed by atoms with Crippen LogP contribution in [0.5, 0.6) is 0 Å². The molecular weight excluding hydrogens is 175 g/mol. The Labute approximate surface area is 70.9 Å². The van der Waals surface area contributed by atoms with E-state index in [2.05, 4.69) is 0 Å². The summed E-state index contributed by atoms with van der Waals surface area (Å²) in [7, 11) is -2.67. The van der Waals surface area contributed by atoms with E-state index in [4.69, 9.17) is 0 Å². The molecule has 0 bridgehead atoms. The summed E-state index contributed by atoms with van der Waals surface area (Å²) in [4.78, 5) is 21.5. The lowest BCUT2D eigenvalue weighted by molar-refractivity contribution is -0.160. The van der Waals surface area contributed by atoms with Crippen LogP contribution in [0.4, 0.5) is 0 Å². The Morgan fingerprint density at radius 1 is 1.42 bits per heavy atom. The molecule has 1 unspecified atom stereocenters. The Kier molecular flexibility index (Phi) is 2.69. The van der Waals surface area contributed by atoms with Gasteiger partial charge in [0, 0.05) is 0 Å². The van der Waals surface area contributed by atoms with Gasteiger partial charge in [0.1, 0.15) is 0 Å². The molecule has 12 heavy (non-hydrogen) atoms. The first-order chi connectivity index (χ1) is 5.63. The first kappa shape index (κ1) is 9.04. The van der Waals surface area contributed by atoms with Crippen LogP contribution in [0.15, 0.2) is 24.3 Å². The molecule has 0 radical (unpaired) electrons. The second-order valence-corrected chi connectivity index (χ2v) is 3.33. The van der Waals surface area contributed by atoms with Crippen molar-refractivity contribution >= 4 is 19.1 Å². The van der Waals surface area contributed by atoms with E-state index in [0.29, 0.717) is 0 Å². The summed E-state index contributed by atoms with van der Waals surface area (Å²) in [5.41, 5.74) is 0.258. The SMILES string of the molecule is CC(=O)c1ccccc1[P+](=O)[O-]. The van der Waals surface area contributed by atoms with Crippen LogP contribution >= 0.6 is 8.03 Å². The lowest BCUT2D eigenvalue weighted by atomic mass is 10.1. The molecule has 0 aromatic heterocycles. The third-order valence-corrected chi connectivity index (χ3v) is 2.26. The molecule has 4 heteroatoms. The zero-order valence-corrected chi connectivity index (χ0v) is 7.38. The number of hydrogen-bond acceptors (Lipinski definition) is 3. The highest BCUT2D eigenvalue weighted by Gasteiger charge is 2.15. The number of rotatable bonds is 2. The Hall–Kier alpha value is -1.05. The van der Waals surface area contributed by atoms with Gasteiger partial charge in [0.15, 0.2) is 11.1 Å². The van der Waals surface area contributed by atoms with Gasteiger partial charge in [0.05, 0.1) is 5.56 Å². The third-order valence-electron chi connectivity index (χ3n) is 1.48. The molecule has 1 aromatic carbocycles. The van der Waals surface area contributed by atoms with Crippen molar-refractivity contribution in [2.45, 2.75) is 6.92 Å². The number of hydrogen-bond donors (Lipinski definition) is 0. The molecule has 0 N–H and O–H groups in total. The molecule has 62 valence electrons. The summed E-state index contributed by atoms with van der Waals surface area (Å²) < 4.78 is 10.6. The van der Waals surface area contributed by atoms with Crippen molar-refractivity contribution in [1.29, 1.82) is 0 Å². The fraction of sp³-hybridized carbons (Fsp3) is 0.125. The second-order valence-electron chi connectivity index (χ2n) is 2.33. The fourth-order valence-electron chi connectivity index (χ4n) is 0.931. The summed E-state index contributed by atoms with van der Waals surface area (Å²) >= 11 is 0.